The molecule has 1 saturated heterocycles. The van der Waals surface area contributed by atoms with Crippen LogP contribution in [0.15, 0.2) is 29.4 Å². The molecule has 8 heteroatoms. The Kier molecular flexibility index (Phi) is 4.94. The third kappa shape index (κ3) is 3.48. The van der Waals surface area contributed by atoms with Crippen molar-refractivity contribution in [1.82, 2.24) is 20.2 Å². The third-order valence-corrected chi connectivity index (χ3v) is 5.24. The molecule has 7 nitrogen and oxygen atoms in total. The lowest BCUT2D eigenvalue weighted by atomic mass is 10.2. The number of hydrogen-bond donors (Lipinski definition) is 2. The summed E-state index contributed by atoms with van der Waals surface area (Å²) in [6, 6.07) is 7.95. The van der Waals surface area contributed by atoms with Gasteiger partial charge in [0.2, 0.25) is 11.1 Å². The van der Waals surface area contributed by atoms with Crippen molar-refractivity contribution < 1.29 is 4.79 Å². The van der Waals surface area contributed by atoms with Gasteiger partial charge in [-0.2, -0.15) is 0 Å². The summed E-state index contributed by atoms with van der Waals surface area (Å²) in [5.41, 5.74) is 1.96. The number of carbonyl (C=O) groups excluding carboxylic acids is 1. The number of carbonyl (C=O) groups is 1. The average Bonchev–Trinajstić information content (AvgIpc) is 2.80. The molecule has 3 rings (SSSR count). The minimum atomic E-state index is -0.167. The van der Waals surface area contributed by atoms with Crippen LogP contribution in [0.5, 0.6) is 0 Å². The van der Waals surface area contributed by atoms with Crippen LogP contribution in [-0.2, 0) is 4.79 Å². The van der Waals surface area contributed by atoms with Gasteiger partial charge in [0.15, 0.2) is 5.82 Å². The van der Waals surface area contributed by atoms with Crippen LogP contribution in [0.2, 0.25) is 0 Å². The summed E-state index contributed by atoms with van der Waals surface area (Å²) < 4.78 is 1.47. The van der Waals surface area contributed by atoms with Gasteiger partial charge >= 0.3 is 0 Å². The van der Waals surface area contributed by atoms with Crippen LogP contribution in [0.3, 0.4) is 0 Å². The van der Waals surface area contributed by atoms with Gasteiger partial charge in [-0.25, -0.2) is 4.68 Å². The smallest absolute Gasteiger partial charge is 0.233 e. The van der Waals surface area contributed by atoms with Gasteiger partial charge in [-0.05, 0) is 25.0 Å². The molecule has 128 valence electrons. The second kappa shape index (κ2) is 7.12. The molecule has 0 unspecified atom stereocenters. The normalized spacial score (nSPS) is 18.1. The van der Waals surface area contributed by atoms with Crippen LogP contribution in [0, 0.1) is 0 Å². The van der Waals surface area contributed by atoms with E-state index in [0.717, 1.165) is 37.1 Å². The van der Waals surface area contributed by atoms with Crippen LogP contribution >= 0.6 is 11.8 Å². The quantitative estimate of drug-likeness (QED) is 0.815. The lowest BCUT2D eigenvalue weighted by Gasteiger charge is -2.14. The van der Waals surface area contributed by atoms with E-state index >= 15 is 0 Å². The molecule has 0 aliphatic carbocycles. The van der Waals surface area contributed by atoms with Crippen molar-refractivity contribution in [3.8, 4) is 11.4 Å². The van der Waals surface area contributed by atoms with E-state index in [9.17, 15) is 4.79 Å². The van der Waals surface area contributed by atoms with Crippen molar-refractivity contribution in [3.63, 3.8) is 0 Å². The number of nitrogens with one attached hydrogen (secondary N) is 1. The Hall–Kier alpha value is -2.22. The average molecular weight is 346 g/mol. The Morgan fingerprint density at radius 3 is 2.96 bits per heavy atom. The number of amides is 1. The highest BCUT2D eigenvalue weighted by Gasteiger charge is 2.25. The van der Waals surface area contributed by atoms with Crippen LogP contribution in [0.1, 0.15) is 19.3 Å². The van der Waals surface area contributed by atoms with Gasteiger partial charge in [0.25, 0.3) is 0 Å². The molecule has 0 saturated carbocycles. The summed E-state index contributed by atoms with van der Waals surface area (Å²) >= 11 is 1.38. The van der Waals surface area contributed by atoms with E-state index < -0.39 is 0 Å². The van der Waals surface area contributed by atoms with E-state index in [2.05, 4.69) is 15.5 Å². The molecule has 1 amide bonds. The topological polar surface area (TPSA) is 89.1 Å². The molecule has 24 heavy (non-hydrogen) atoms. The first-order valence-electron chi connectivity index (χ1n) is 7.99. The van der Waals surface area contributed by atoms with Gasteiger partial charge in [0, 0.05) is 31.9 Å². The van der Waals surface area contributed by atoms with E-state index in [1.807, 2.05) is 43.3 Å². The first-order valence-corrected chi connectivity index (χ1v) is 8.87. The van der Waals surface area contributed by atoms with Gasteiger partial charge in [-0.1, -0.05) is 30.3 Å². The fourth-order valence-corrected chi connectivity index (χ4v) is 3.65. The van der Waals surface area contributed by atoms with Crippen LogP contribution < -0.4 is 16.1 Å². The van der Waals surface area contributed by atoms with E-state index in [-0.39, 0.29) is 11.2 Å². The molecule has 1 atom stereocenters. The zero-order chi connectivity index (χ0) is 17.1. The Morgan fingerprint density at radius 2 is 2.17 bits per heavy atom. The highest BCUT2D eigenvalue weighted by atomic mass is 32.2. The molecule has 1 aliphatic rings. The van der Waals surface area contributed by atoms with E-state index in [4.69, 9.17) is 5.84 Å². The van der Waals surface area contributed by atoms with Gasteiger partial charge in [0.1, 0.15) is 0 Å². The number of nitrogens with two attached hydrogens (primary N) is 1. The predicted molar refractivity (Wildman–Crippen MR) is 96.4 cm³/mol. The standard InChI is InChI=1S/C16H22N6OS/c1-21(2)12-7-5-6-11(10-12)14-19-20-16(22(14)17)24-13-8-3-4-9-18-15(13)23/h5-7,10,13H,3-4,8-9,17H2,1-2H3,(H,18,23)/t13-/m0/s1. The maximum Gasteiger partial charge on any atom is 0.233 e. The number of benzene rings is 1. The fourth-order valence-electron chi connectivity index (χ4n) is 2.63. The highest BCUT2D eigenvalue weighted by molar-refractivity contribution is 8.00. The Labute approximate surface area is 145 Å². The zero-order valence-electron chi connectivity index (χ0n) is 13.9. The molecule has 0 bridgehead atoms. The molecule has 0 spiro atoms. The number of thioether (sulfide) groups is 1. The molecule has 1 aromatic heterocycles. The second-order valence-electron chi connectivity index (χ2n) is 6.01. The molecule has 0 radical (unpaired) electrons. The van der Waals surface area contributed by atoms with Crippen LogP contribution in [-0.4, -0.2) is 46.7 Å². The van der Waals surface area contributed by atoms with Gasteiger partial charge in [0.05, 0.1) is 5.25 Å². The fraction of sp³-hybridized carbons (Fsp3) is 0.438. The molecule has 2 heterocycles. The molecule has 2 aromatic rings. The SMILES string of the molecule is CN(C)c1cccc(-c2nnc(S[C@H]3CCCCNC3=O)n2N)c1. The first-order chi connectivity index (χ1) is 11.6. The number of aromatic nitrogens is 3. The van der Waals surface area contributed by atoms with Gasteiger partial charge < -0.3 is 16.1 Å². The summed E-state index contributed by atoms with van der Waals surface area (Å²) in [7, 11) is 3.97. The molecule has 3 N–H and O–H groups in total. The molecule has 1 aliphatic heterocycles. The third-order valence-electron chi connectivity index (χ3n) is 4.02. The number of rotatable bonds is 4. The predicted octanol–water partition coefficient (Wildman–Crippen LogP) is 1.49. The minimum absolute atomic E-state index is 0.0525. The van der Waals surface area contributed by atoms with Gasteiger partial charge in [-0.3, -0.25) is 4.79 Å². The van der Waals surface area contributed by atoms with Crippen molar-refractivity contribution in [3.05, 3.63) is 24.3 Å². The number of nitrogens with zero attached hydrogens (tertiary/aromatic N) is 4. The summed E-state index contributed by atoms with van der Waals surface area (Å²) in [6.07, 6.45) is 2.86. The van der Waals surface area contributed by atoms with Crippen molar-refractivity contribution in [2.75, 3.05) is 31.4 Å². The second-order valence-corrected chi connectivity index (χ2v) is 7.18. The van der Waals surface area contributed by atoms with Crippen molar-refractivity contribution in [1.29, 1.82) is 0 Å². The maximum atomic E-state index is 12.1. The Morgan fingerprint density at radius 1 is 1.33 bits per heavy atom. The van der Waals surface area contributed by atoms with E-state index in [1.54, 1.807) is 0 Å². The summed E-state index contributed by atoms with van der Waals surface area (Å²) in [5, 5.41) is 11.7. The Bertz CT molecular complexity index is 729. The zero-order valence-corrected chi connectivity index (χ0v) is 14.7. The first kappa shape index (κ1) is 16.6. The molecule has 1 aromatic carbocycles. The van der Waals surface area contributed by atoms with Crippen molar-refractivity contribution >= 4 is 23.4 Å². The summed E-state index contributed by atoms with van der Waals surface area (Å²) in [5.74, 6) is 6.83. The van der Waals surface area contributed by atoms with E-state index in [1.165, 1.54) is 16.4 Å². The largest absolute Gasteiger partial charge is 0.378 e. The number of anilines is 1. The lowest BCUT2D eigenvalue weighted by Crippen LogP contribution is -2.31. The highest BCUT2D eigenvalue weighted by Crippen LogP contribution is 2.29. The van der Waals surface area contributed by atoms with Crippen LogP contribution in [0.4, 0.5) is 5.69 Å². The number of nitrogen functional groups attached to an aromatic ring is 1. The van der Waals surface area contributed by atoms with Gasteiger partial charge in [-0.15, -0.1) is 10.2 Å². The summed E-state index contributed by atoms with van der Waals surface area (Å²) in [6.45, 7) is 0.744. The van der Waals surface area contributed by atoms with Crippen molar-refractivity contribution in [2.45, 2.75) is 29.7 Å². The minimum Gasteiger partial charge on any atom is -0.378 e. The van der Waals surface area contributed by atoms with E-state index in [0.29, 0.717) is 11.0 Å². The summed E-state index contributed by atoms with van der Waals surface area (Å²) in [4.78, 5) is 14.1. The lowest BCUT2D eigenvalue weighted by molar-refractivity contribution is -0.120. The Balaban J connectivity index is 1.83. The maximum absolute atomic E-state index is 12.1. The van der Waals surface area contributed by atoms with Crippen molar-refractivity contribution in [2.24, 2.45) is 0 Å². The molecule has 1 fully saturated rings. The molecular weight excluding hydrogens is 324 g/mol. The number of hydrogen-bond acceptors (Lipinski definition) is 6. The van der Waals surface area contributed by atoms with Crippen LogP contribution in [0.25, 0.3) is 11.4 Å². The molecular formula is C16H22N6OS. The monoisotopic (exact) mass is 346 g/mol.